The van der Waals surface area contributed by atoms with Crippen molar-refractivity contribution in [2.75, 3.05) is 6.54 Å². The van der Waals surface area contributed by atoms with Crippen LogP contribution in [0, 0.1) is 0 Å². The Morgan fingerprint density at radius 1 is 0.826 bits per heavy atom. The highest BCUT2D eigenvalue weighted by atomic mass is 16.4. The number of aromatic hydroxyl groups is 1. The molecule has 3 rings (SSSR count). The van der Waals surface area contributed by atoms with E-state index in [1.165, 1.54) is 24.3 Å². The predicted octanol–water partition coefficient (Wildman–Crippen LogP) is -0.947. The molecule has 3 aromatic rings. The summed E-state index contributed by atoms with van der Waals surface area (Å²) in [4.78, 5) is 70.1. The number of amides is 3. The number of para-hydroxylation sites is 1. The highest BCUT2D eigenvalue weighted by Gasteiger charge is 2.31. The number of nitrogens with zero attached hydrogens (tertiary/aromatic N) is 1. The number of benzene rings is 2. The lowest BCUT2D eigenvalue weighted by Crippen LogP contribution is -2.57. The van der Waals surface area contributed by atoms with E-state index in [0.717, 1.165) is 16.5 Å². The quantitative estimate of drug-likeness (QED) is 0.0488. The molecule has 46 heavy (non-hydrogen) atoms. The first-order valence-corrected chi connectivity index (χ1v) is 14.3. The number of phenols is 1. The van der Waals surface area contributed by atoms with Crippen molar-refractivity contribution in [3.05, 3.63) is 65.9 Å². The van der Waals surface area contributed by atoms with Crippen LogP contribution in [0.4, 0.5) is 0 Å². The molecule has 13 N–H and O–H groups in total. The van der Waals surface area contributed by atoms with E-state index >= 15 is 0 Å². The number of carbonyl (C=O) groups excluding carboxylic acids is 3. The van der Waals surface area contributed by atoms with Gasteiger partial charge in [0.2, 0.25) is 17.7 Å². The van der Waals surface area contributed by atoms with Crippen molar-refractivity contribution in [2.24, 2.45) is 22.2 Å². The Balaban J connectivity index is 1.73. The van der Waals surface area contributed by atoms with Gasteiger partial charge in [-0.2, -0.15) is 0 Å². The lowest BCUT2D eigenvalue weighted by atomic mass is 10.0. The second kappa shape index (κ2) is 16.4. The minimum Gasteiger partial charge on any atom is -0.508 e. The van der Waals surface area contributed by atoms with Gasteiger partial charge in [-0.1, -0.05) is 30.3 Å². The molecular formula is C30H38N8O8. The molecule has 0 aliphatic heterocycles. The first-order valence-electron chi connectivity index (χ1n) is 14.3. The molecule has 4 unspecified atom stereocenters. The summed E-state index contributed by atoms with van der Waals surface area (Å²) in [7, 11) is 0. The number of aliphatic imine (C=N–C) groups is 1. The fraction of sp³-hybridized carbons (Fsp3) is 0.333. The summed E-state index contributed by atoms with van der Waals surface area (Å²) in [5.74, 6) is -5.64. The Labute approximate surface area is 263 Å². The first-order chi connectivity index (χ1) is 21.8. The summed E-state index contributed by atoms with van der Waals surface area (Å²) in [5.41, 5.74) is 18.9. The Morgan fingerprint density at radius 2 is 1.46 bits per heavy atom. The van der Waals surface area contributed by atoms with Gasteiger partial charge in [0.25, 0.3) is 0 Å². The Hall–Kier alpha value is -5.64. The standard InChI is InChI=1S/C30H38N8O8/c31-20(13-17-15-35-21-5-2-1-4-19(17)21)26(42)37-23(14-25(40)41)28(44)36-22(6-3-11-34-30(32)33)27(43)38-24(29(45)46)12-16-7-9-18(39)10-8-16/h1-2,4-5,7-10,15,20,22-24,35,39H,3,6,11-14,31H2,(H,36,44)(H,37,42)(H,38,43)(H,40,41)(H,45,46)(H4,32,33,34). The Kier molecular flexibility index (Phi) is 12.5. The van der Waals surface area contributed by atoms with E-state index in [-0.39, 0.29) is 43.9 Å². The molecule has 0 saturated carbocycles. The highest BCUT2D eigenvalue weighted by Crippen LogP contribution is 2.19. The zero-order chi connectivity index (χ0) is 33.8. The fourth-order valence-corrected chi connectivity index (χ4v) is 4.68. The minimum atomic E-state index is -1.61. The number of rotatable bonds is 17. The SMILES string of the molecule is NC(N)=NCCCC(NC(=O)C(CC(=O)O)NC(=O)C(N)Cc1c[nH]c2ccccc12)C(=O)NC(Cc1ccc(O)cc1)C(=O)O. The molecule has 1 heterocycles. The molecule has 3 amide bonds. The molecule has 0 aliphatic rings. The van der Waals surface area contributed by atoms with Gasteiger partial charge in [0.15, 0.2) is 5.96 Å². The monoisotopic (exact) mass is 638 g/mol. The summed E-state index contributed by atoms with van der Waals surface area (Å²) in [6.07, 6.45) is 0.951. The lowest BCUT2D eigenvalue weighted by Gasteiger charge is -2.24. The molecule has 0 radical (unpaired) electrons. The van der Waals surface area contributed by atoms with Crippen LogP contribution >= 0.6 is 0 Å². The Morgan fingerprint density at radius 3 is 2.11 bits per heavy atom. The zero-order valence-electron chi connectivity index (χ0n) is 24.8. The fourth-order valence-electron chi connectivity index (χ4n) is 4.68. The number of nitrogens with one attached hydrogen (secondary N) is 4. The average molecular weight is 639 g/mol. The smallest absolute Gasteiger partial charge is 0.326 e. The topological polar surface area (TPSA) is 288 Å². The maximum atomic E-state index is 13.3. The van der Waals surface area contributed by atoms with Gasteiger partial charge in [0.1, 0.15) is 23.9 Å². The van der Waals surface area contributed by atoms with Crippen molar-refractivity contribution >= 4 is 46.5 Å². The van der Waals surface area contributed by atoms with E-state index in [9.17, 15) is 39.3 Å². The molecule has 4 atom stereocenters. The van der Waals surface area contributed by atoms with Gasteiger partial charge >= 0.3 is 11.9 Å². The van der Waals surface area contributed by atoms with E-state index in [4.69, 9.17) is 17.2 Å². The van der Waals surface area contributed by atoms with E-state index in [1.807, 2.05) is 24.3 Å². The molecule has 0 bridgehead atoms. The number of hydrogen-bond acceptors (Lipinski definition) is 8. The van der Waals surface area contributed by atoms with Crippen molar-refractivity contribution < 1.29 is 39.3 Å². The van der Waals surface area contributed by atoms with Gasteiger partial charge in [-0.3, -0.25) is 24.2 Å². The normalized spacial score (nSPS) is 13.5. The lowest BCUT2D eigenvalue weighted by molar-refractivity contribution is -0.143. The second-order valence-electron chi connectivity index (χ2n) is 10.6. The number of nitrogens with two attached hydrogens (primary N) is 3. The summed E-state index contributed by atoms with van der Waals surface area (Å²) in [5, 5.41) is 36.7. The van der Waals surface area contributed by atoms with Crippen LogP contribution in [0.2, 0.25) is 0 Å². The van der Waals surface area contributed by atoms with Crippen LogP contribution in [0.5, 0.6) is 5.75 Å². The van der Waals surface area contributed by atoms with Gasteiger partial charge in [0, 0.05) is 30.1 Å². The van der Waals surface area contributed by atoms with E-state index in [1.54, 1.807) is 6.20 Å². The molecule has 16 heteroatoms. The number of carbonyl (C=O) groups is 5. The van der Waals surface area contributed by atoms with E-state index < -0.39 is 60.2 Å². The summed E-state index contributed by atoms with van der Waals surface area (Å²) in [6, 6.07) is 7.59. The predicted molar refractivity (Wildman–Crippen MR) is 167 cm³/mol. The summed E-state index contributed by atoms with van der Waals surface area (Å²) < 4.78 is 0. The number of carboxylic acids is 2. The molecular weight excluding hydrogens is 600 g/mol. The van der Waals surface area contributed by atoms with Crippen LogP contribution in [0.15, 0.2) is 59.7 Å². The third kappa shape index (κ3) is 10.5. The summed E-state index contributed by atoms with van der Waals surface area (Å²) >= 11 is 0. The minimum absolute atomic E-state index is 0.0230. The van der Waals surface area contributed by atoms with Crippen molar-refractivity contribution in [1.82, 2.24) is 20.9 Å². The molecule has 0 saturated heterocycles. The zero-order valence-corrected chi connectivity index (χ0v) is 24.8. The van der Waals surface area contributed by atoms with Gasteiger partial charge in [-0.15, -0.1) is 0 Å². The summed E-state index contributed by atoms with van der Waals surface area (Å²) in [6.45, 7) is 0.0792. The van der Waals surface area contributed by atoms with Crippen LogP contribution in [0.3, 0.4) is 0 Å². The van der Waals surface area contributed by atoms with Gasteiger partial charge < -0.3 is 53.5 Å². The Bertz CT molecular complexity index is 1570. The molecule has 246 valence electrons. The van der Waals surface area contributed by atoms with Crippen molar-refractivity contribution in [2.45, 2.75) is 56.3 Å². The number of fused-ring (bicyclic) bond motifs is 1. The number of aromatic amines is 1. The maximum absolute atomic E-state index is 13.3. The van der Waals surface area contributed by atoms with Crippen LogP contribution in [0.1, 0.15) is 30.4 Å². The average Bonchev–Trinajstić information content (AvgIpc) is 3.40. The number of H-pyrrole nitrogens is 1. The van der Waals surface area contributed by atoms with Gasteiger partial charge in [-0.05, 0) is 48.6 Å². The van der Waals surface area contributed by atoms with Gasteiger partial charge in [-0.25, -0.2) is 4.79 Å². The number of aromatic nitrogens is 1. The van der Waals surface area contributed by atoms with E-state index in [0.29, 0.717) is 5.56 Å². The third-order valence-electron chi connectivity index (χ3n) is 7.03. The van der Waals surface area contributed by atoms with Crippen LogP contribution in [-0.4, -0.2) is 86.6 Å². The maximum Gasteiger partial charge on any atom is 0.326 e. The molecule has 16 nitrogen and oxygen atoms in total. The molecule has 0 aliphatic carbocycles. The van der Waals surface area contributed by atoms with Crippen LogP contribution < -0.4 is 33.2 Å². The van der Waals surface area contributed by atoms with Crippen molar-refractivity contribution in [3.63, 3.8) is 0 Å². The molecule has 1 aromatic heterocycles. The largest absolute Gasteiger partial charge is 0.508 e. The number of aliphatic carboxylic acids is 2. The van der Waals surface area contributed by atoms with E-state index in [2.05, 4.69) is 25.9 Å². The number of phenolic OH excluding ortho intramolecular Hbond substituents is 1. The number of guanidine groups is 1. The van der Waals surface area contributed by atoms with Gasteiger partial charge in [0.05, 0.1) is 12.5 Å². The first kappa shape index (κ1) is 34.8. The van der Waals surface area contributed by atoms with Crippen LogP contribution in [0.25, 0.3) is 10.9 Å². The number of hydrogen-bond donors (Lipinski definition) is 10. The molecule has 2 aromatic carbocycles. The second-order valence-corrected chi connectivity index (χ2v) is 10.6. The molecule has 0 spiro atoms. The third-order valence-corrected chi connectivity index (χ3v) is 7.03. The molecule has 0 fully saturated rings. The van der Waals surface area contributed by atoms with Crippen molar-refractivity contribution in [3.8, 4) is 5.75 Å². The van der Waals surface area contributed by atoms with Crippen LogP contribution in [-0.2, 0) is 36.8 Å². The number of carboxylic acid groups (broad SMARTS) is 2. The highest BCUT2D eigenvalue weighted by molar-refractivity contribution is 5.96. The van der Waals surface area contributed by atoms with Crippen molar-refractivity contribution in [1.29, 1.82) is 0 Å².